The fourth-order valence-electron chi connectivity index (χ4n) is 1.32. The predicted molar refractivity (Wildman–Crippen MR) is 58.0 cm³/mol. The molecule has 0 saturated heterocycles. The fraction of sp³-hybridized carbons (Fsp3) is 0.444. The van der Waals surface area contributed by atoms with E-state index in [1.165, 1.54) is 18.3 Å². The summed E-state index contributed by atoms with van der Waals surface area (Å²) in [4.78, 5) is 3.42. The van der Waals surface area contributed by atoms with Crippen LogP contribution in [0.4, 0.5) is 13.2 Å². The van der Waals surface area contributed by atoms with Crippen molar-refractivity contribution >= 4 is 10.0 Å². The van der Waals surface area contributed by atoms with Gasteiger partial charge in [0.1, 0.15) is 11.4 Å². The quantitative estimate of drug-likeness (QED) is 0.883. The molecule has 18 heavy (non-hydrogen) atoms. The lowest BCUT2D eigenvalue weighted by molar-refractivity contribution is -0.134. The van der Waals surface area contributed by atoms with Gasteiger partial charge in [0, 0.05) is 19.8 Å². The van der Waals surface area contributed by atoms with Crippen molar-refractivity contribution in [3.63, 3.8) is 0 Å². The summed E-state index contributed by atoms with van der Waals surface area (Å²) in [6.45, 7) is -1.73. The van der Waals surface area contributed by atoms with Crippen molar-refractivity contribution in [2.24, 2.45) is 5.73 Å². The highest BCUT2D eigenvalue weighted by Gasteiger charge is 2.35. The van der Waals surface area contributed by atoms with Gasteiger partial charge in [0.05, 0.1) is 5.69 Å². The first kappa shape index (κ1) is 14.9. The number of sulfonamides is 1. The summed E-state index contributed by atoms with van der Waals surface area (Å²) in [5.74, 6) is 0. The van der Waals surface area contributed by atoms with Crippen LogP contribution in [0.1, 0.15) is 5.69 Å². The Balaban J connectivity index is 3.14. The highest BCUT2D eigenvalue weighted by Crippen LogP contribution is 2.22. The second-order valence-electron chi connectivity index (χ2n) is 3.53. The monoisotopic (exact) mass is 283 g/mol. The number of alkyl halides is 3. The molecule has 1 rings (SSSR count). The van der Waals surface area contributed by atoms with E-state index in [-0.39, 0.29) is 21.4 Å². The highest BCUT2D eigenvalue weighted by atomic mass is 32.2. The molecule has 5 nitrogen and oxygen atoms in total. The van der Waals surface area contributed by atoms with Crippen LogP contribution in [0.25, 0.3) is 0 Å². The third-order valence-electron chi connectivity index (χ3n) is 2.13. The van der Waals surface area contributed by atoms with Gasteiger partial charge >= 0.3 is 6.18 Å². The van der Waals surface area contributed by atoms with Crippen LogP contribution in [0, 0.1) is 0 Å². The third-order valence-corrected chi connectivity index (χ3v) is 4.01. The van der Waals surface area contributed by atoms with E-state index in [0.717, 1.165) is 7.05 Å². The average Bonchev–Trinajstić information content (AvgIpc) is 2.26. The molecular weight excluding hydrogens is 271 g/mol. The molecule has 2 N–H and O–H groups in total. The lowest BCUT2D eigenvalue weighted by atomic mass is 10.3. The fourth-order valence-corrected chi connectivity index (χ4v) is 2.65. The first-order valence-electron chi connectivity index (χ1n) is 4.85. The molecule has 9 heteroatoms. The highest BCUT2D eigenvalue weighted by molar-refractivity contribution is 7.89. The number of rotatable bonds is 4. The van der Waals surface area contributed by atoms with Crippen molar-refractivity contribution in [2.45, 2.75) is 17.6 Å². The average molecular weight is 283 g/mol. The smallest absolute Gasteiger partial charge is 0.325 e. The first-order chi connectivity index (χ1) is 8.18. The molecule has 1 heterocycles. The van der Waals surface area contributed by atoms with Crippen LogP contribution in [-0.2, 0) is 16.6 Å². The zero-order valence-corrected chi connectivity index (χ0v) is 10.3. The Kier molecular flexibility index (Phi) is 4.30. The summed E-state index contributed by atoms with van der Waals surface area (Å²) in [7, 11) is -3.39. The summed E-state index contributed by atoms with van der Waals surface area (Å²) in [5.41, 5.74) is 5.34. The van der Waals surface area contributed by atoms with Gasteiger partial charge in [-0.25, -0.2) is 8.42 Å². The van der Waals surface area contributed by atoms with E-state index < -0.39 is 22.7 Å². The van der Waals surface area contributed by atoms with Gasteiger partial charge in [-0.3, -0.25) is 4.98 Å². The van der Waals surface area contributed by atoms with Gasteiger partial charge in [0.25, 0.3) is 0 Å². The molecule has 1 aromatic heterocycles. The van der Waals surface area contributed by atoms with E-state index >= 15 is 0 Å². The van der Waals surface area contributed by atoms with Crippen molar-refractivity contribution in [3.8, 4) is 0 Å². The number of halogens is 3. The van der Waals surface area contributed by atoms with Crippen molar-refractivity contribution in [2.75, 3.05) is 13.6 Å². The minimum atomic E-state index is -4.60. The summed E-state index contributed by atoms with van der Waals surface area (Å²) in [5, 5.41) is 0. The number of hydrogen-bond donors (Lipinski definition) is 1. The van der Waals surface area contributed by atoms with Gasteiger partial charge in [-0.05, 0) is 12.1 Å². The molecule has 1 aromatic rings. The molecule has 0 radical (unpaired) electrons. The second kappa shape index (κ2) is 5.21. The lowest BCUT2D eigenvalue weighted by Crippen LogP contribution is -2.36. The van der Waals surface area contributed by atoms with E-state index in [2.05, 4.69) is 4.98 Å². The summed E-state index contributed by atoms with van der Waals surface area (Å²) >= 11 is 0. The second-order valence-corrected chi connectivity index (χ2v) is 5.54. The molecule has 0 fully saturated rings. The maximum atomic E-state index is 12.2. The largest absolute Gasteiger partial charge is 0.402 e. The number of nitrogens with two attached hydrogens (primary N) is 1. The van der Waals surface area contributed by atoms with Gasteiger partial charge in [0.15, 0.2) is 0 Å². The molecular formula is C9H12F3N3O2S. The zero-order valence-electron chi connectivity index (χ0n) is 9.48. The molecule has 0 aliphatic rings. The van der Waals surface area contributed by atoms with Crippen LogP contribution < -0.4 is 5.73 Å². The third kappa shape index (κ3) is 3.40. The predicted octanol–water partition coefficient (Wildman–Crippen LogP) is 0.723. The molecule has 0 unspecified atom stereocenters. The van der Waals surface area contributed by atoms with Crippen molar-refractivity contribution in [1.29, 1.82) is 0 Å². The molecule has 0 aromatic carbocycles. The standard InChI is InChI=1S/C9H12F3N3O2S/c1-15(6-9(10,11)12)18(16,17)8-3-2-4-14-7(8)5-13/h2-4H,5-6,13H2,1H3. The Morgan fingerprint density at radius 2 is 2.06 bits per heavy atom. The van der Waals surface area contributed by atoms with Crippen molar-refractivity contribution in [3.05, 3.63) is 24.0 Å². The minimum absolute atomic E-state index is 0.0338. The minimum Gasteiger partial charge on any atom is -0.325 e. The Bertz CT molecular complexity index is 516. The number of pyridine rings is 1. The Morgan fingerprint density at radius 3 is 2.56 bits per heavy atom. The molecule has 0 amide bonds. The Labute approximate surface area is 102 Å². The van der Waals surface area contributed by atoms with E-state index in [9.17, 15) is 21.6 Å². The van der Waals surface area contributed by atoms with E-state index in [1.807, 2.05) is 0 Å². The van der Waals surface area contributed by atoms with E-state index in [4.69, 9.17) is 5.73 Å². The summed E-state index contributed by atoms with van der Waals surface area (Å²) < 4.78 is 60.6. The molecule has 0 aliphatic carbocycles. The molecule has 0 saturated carbocycles. The van der Waals surface area contributed by atoms with Crippen molar-refractivity contribution < 1.29 is 21.6 Å². The van der Waals surface area contributed by atoms with Gasteiger partial charge in [-0.15, -0.1) is 0 Å². The van der Waals surface area contributed by atoms with Crippen LogP contribution in [-0.4, -0.2) is 37.5 Å². The Morgan fingerprint density at radius 1 is 1.44 bits per heavy atom. The van der Waals surface area contributed by atoms with E-state index in [0.29, 0.717) is 0 Å². The van der Waals surface area contributed by atoms with Gasteiger partial charge in [-0.1, -0.05) is 0 Å². The maximum Gasteiger partial charge on any atom is 0.402 e. The summed E-state index contributed by atoms with van der Waals surface area (Å²) in [6, 6.07) is 2.50. The molecule has 0 spiro atoms. The van der Waals surface area contributed by atoms with Crippen LogP contribution in [0.15, 0.2) is 23.2 Å². The van der Waals surface area contributed by atoms with Gasteiger partial charge in [0.2, 0.25) is 10.0 Å². The first-order valence-corrected chi connectivity index (χ1v) is 6.29. The molecule has 0 aliphatic heterocycles. The lowest BCUT2D eigenvalue weighted by Gasteiger charge is -2.19. The van der Waals surface area contributed by atoms with E-state index in [1.54, 1.807) is 0 Å². The van der Waals surface area contributed by atoms with Crippen LogP contribution in [0.2, 0.25) is 0 Å². The van der Waals surface area contributed by atoms with Gasteiger partial charge < -0.3 is 5.73 Å². The van der Waals surface area contributed by atoms with Gasteiger partial charge in [-0.2, -0.15) is 17.5 Å². The van der Waals surface area contributed by atoms with Crippen LogP contribution in [0.3, 0.4) is 0 Å². The SMILES string of the molecule is CN(CC(F)(F)F)S(=O)(=O)c1cccnc1CN. The number of aromatic nitrogens is 1. The molecule has 0 atom stereocenters. The molecule has 0 bridgehead atoms. The zero-order chi connectivity index (χ0) is 14.0. The normalized spacial score (nSPS) is 13.0. The van der Waals surface area contributed by atoms with Crippen molar-refractivity contribution in [1.82, 2.24) is 9.29 Å². The summed E-state index contributed by atoms with van der Waals surface area (Å²) in [6.07, 6.45) is -3.28. The van der Waals surface area contributed by atoms with Crippen LogP contribution in [0.5, 0.6) is 0 Å². The number of nitrogens with zero attached hydrogens (tertiary/aromatic N) is 2. The van der Waals surface area contributed by atoms with Crippen LogP contribution >= 0.6 is 0 Å². The maximum absolute atomic E-state index is 12.2. The topological polar surface area (TPSA) is 76.3 Å². The number of hydrogen-bond acceptors (Lipinski definition) is 4. The molecule has 102 valence electrons. The Hall–Kier alpha value is -1.19.